The molecule has 4 rings (SSSR count). The topological polar surface area (TPSA) is 63.1 Å². The van der Waals surface area contributed by atoms with E-state index in [9.17, 15) is 13.6 Å². The Morgan fingerprint density at radius 2 is 2.00 bits per heavy atom. The highest BCUT2D eigenvalue weighted by Gasteiger charge is 2.18. The number of alkyl halides is 2. The van der Waals surface area contributed by atoms with Gasteiger partial charge in [0, 0.05) is 25.8 Å². The molecule has 9 heteroatoms. The summed E-state index contributed by atoms with van der Waals surface area (Å²) in [6.07, 6.45) is 4.08. The highest BCUT2D eigenvalue weighted by molar-refractivity contribution is 7.99. The summed E-state index contributed by atoms with van der Waals surface area (Å²) in [5.41, 5.74) is 2.20. The van der Waals surface area contributed by atoms with Crippen LogP contribution < -0.4 is 10.2 Å². The van der Waals surface area contributed by atoms with Crippen molar-refractivity contribution >= 4 is 34.5 Å². The van der Waals surface area contributed by atoms with Gasteiger partial charge in [-0.25, -0.2) is 9.97 Å². The number of para-hydroxylation sites is 2. The van der Waals surface area contributed by atoms with Gasteiger partial charge in [0.2, 0.25) is 5.91 Å². The number of amides is 1. The van der Waals surface area contributed by atoms with E-state index in [-0.39, 0.29) is 17.6 Å². The zero-order valence-corrected chi connectivity index (χ0v) is 16.5. The summed E-state index contributed by atoms with van der Waals surface area (Å²) in [4.78, 5) is 23.4. The molecule has 0 saturated carbocycles. The predicted octanol–water partition coefficient (Wildman–Crippen LogP) is 3.66. The van der Waals surface area contributed by atoms with Crippen molar-refractivity contribution in [3.8, 4) is 0 Å². The number of nitrogens with one attached hydrogen (secondary N) is 1. The lowest BCUT2D eigenvalue weighted by Gasteiger charge is -2.17. The minimum Gasteiger partial charge on any atom is -0.357 e. The number of fused-ring (bicyclic) bond motifs is 1. The first-order valence-corrected chi connectivity index (χ1v) is 10.3. The van der Waals surface area contributed by atoms with Crippen molar-refractivity contribution in [1.29, 1.82) is 0 Å². The summed E-state index contributed by atoms with van der Waals surface area (Å²) in [6, 6.07) is 11.0. The summed E-state index contributed by atoms with van der Waals surface area (Å²) >= 11 is 0.348. The van der Waals surface area contributed by atoms with E-state index in [0.717, 1.165) is 24.5 Å². The van der Waals surface area contributed by atoms with Gasteiger partial charge < -0.3 is 14.8 Å². The van der Waals surface area contributed by atoms with Crippen molar-refractivity contribution in [1.82, 2.24) is 19.9 Å². The summed E-state index contributed by atoms with van der Waals surface area (Å²) in [5.74, 6) is -1.94. The maximum atomic E-state index is 12.9. The number of carbonyl (C=O) groups excluding carboxylic acids is 1. The number of nitrogens with zero attached hydrogens (tertiary/aromatic N) is 4. The Labute approximate surface area is 171 Å². The van der Waals surface area contributed by atoms with E-state index in [2.05, 4.69) is 20.2 Å². The lowest BCUT2D eigenvalue weighted by Crippen LogP contribution is -2.27. The molecule has 6 nitrogen and oxygen atoms in total. The molecule has 0 aliphatic carbocycles. The Balaban J connectivity index is 1.44. The van der Waals surface area contributed by atoms with Crippen molar-refractivity contribution in [3.05, 3.63) is 48.2 Å². The van der Waals surface area contributed by atoms with Crippen LogP contribution in [-0.4, -0.2) is 39.3 Å². The number of benzene rings is 1. The number of anilines is 1. The molecule has 0 unspecified atom stereocenters. The number of pyridine rings is 1. The van der Waals surface area contributed by atoms with Crippen LogP contribution in [0.4, 0.5) is 14.6 Å². The standard InChI is InChI=1S/C20H21F2N5OS/c21-19(22)29-20-25-15-5-1-2-6-16(15)27(20)13-18(28)24-12-14-7-8-23-17(11-14)26-9-3-4-10-26/h1-2,5-8,11,19H,3-4,9-10,12-13H2,(H,24,28). The van der Waals surface area contributed by atoms with E-state index >= 15 is 0 Å². The first kappa shape index (κ1) is 19.6. The van der Waals surface area contributed by atoms with E-state index in [4.69, 9.17) is 0 Å². The fraction of sp³-hybridized carbons (Fsp3) is 0.350. The molecule has 29 heavy (non-hydrogen) atoms. The molecule has 152 valence electrons. The van der Waals surface area contributed by atoms with E-state index < -0.39 is 5.76 Å². The maximum absolute atomic E-state index is 12.9. The van der Waals surface area contributed by atoms with Crippen LogP contribution in [0, 0.1) is 0 Å². The van der Waals surface area contributed by atoms with Crippen molar-refractivity contribution in [2.75, 3.05) is 18.0 Å². The van der Waals surface area contributed by atoms with Crippen LogP contribution in [0.15, 0.2) is 47.8 Å². The van der Waals surface area contributed by atoms with Crippen molar-refractivity contribution in [2.45, 2.75) is 36.8 Å². The van der Waals surface area contributed by atoms with E-state index in [1.54, 1.807) is 30.5 Å². The van der Waals surface area contributed by atoms with Gasteiger partial charge in [-0.05, 0) is 54.4 Å². The molecule has 2 aromatic heterocycles. The SMILES string of the molecule is O=C(Cn1c(SC(F)F)nc2ccccc21)NCc1ccnc(N2CCCC2)c1. The van der Waals surface area contributed by atoms with Crippen molar-refractivity contribution in [3.63, 3.8) is 0 Å². The second kappa shape index (κ2) is 8.77. The molecule has 0 spiro atoms. The third-order valence-corrected chi connectivity index (χ3v) is 5.55. The van der Waals surface area contributed by atoms with E-state index in [1.807, 2.05) is 12.1 Å². The molecule has 1 aromatic carbocycles. The number of aromatic nitrogens is 3. The summed E-state index contributed by atoms with van der Waals surface area (Å²) < 4.78 is 27.3. The van der Waals surface area contributed by atoms with Crippen LogP contribution in [0.25, 0.3) is 11.0 Å². The normalized spacial score (nSPS) is 14.1. The molecule has 3 heterocycles. The Kier molecular flexibility index (Phi) is 5.94. The molecular formula is C20H21F2N5OS. The summed E-state index contributed by atoms with van der Waals surface area (Å²) in [6.45, 7) is 2.29. The monoisotopic (exact) mass is 417 g/mol. The second-order valence-electron chi connectivity index (χ2n) is 6.84. The third-order valence-electron chi connectivity index (χ3n) is 4.85. The van der Waals surface area contributed by atoms with Gasteiger partial charge in [-0.2, -0.15) is 8.78 Å². The molecular weight excluding hydrogens is 396 g/mol. The number of rotatable bonds is 7. The molecule has 3 aromatic rings. The fourth-order valence-electron chi connectivity index (χ4n) is 3.47. The largest absolute Gasteiger partial charge is 0.357 e. The third kappa shape index (κ3) is 4.67. The minimum atomic E-state index is -2.60. The number of hydrogen-bond acceptors (Lipinski definition) is 5. The number of imidazole rings is 1. The van der Waals surface area contributed by atoms with Crippen LogP contribution in [0.1, 0.15) is 18.4 Å². The first-order chi connectivity index (χ1) is 14.1. The molecule has 1 saturated heterocycles. The van der Waals surface area contributed by atoms with E-state index in [0.29, 0.717) is 29.3 Å². The van der Waals surface area contributed by atoms with Crippen LogP contribution in [0.5, 0.6) is 0 Å². The van der Waals surface area contributed by atoms with Gasteiger partial charge >= 0.3 is 0 Å². The number of thioether (sulfide) groups is 1. The smallest absolute Gasteiger partial charge is 0.291 e. The Morgan fingerprint density at radius 1 is 1.21 bits per heavy atom. The number of halogens is 2. The zero-order valence-electron chi connectivity index (χ0n) is 15.7. The molecule has 1 aliphatic rings. The lowest BCUT2D eigenvalue weighted by atomic mass is 10.2. The van der Waals surface area contributed by atoms with Gasteiger partial charge in [-0.1, -0.05) is 12.1 Å². The van der Waals surface area contributed by atoms with Crippen molar-refractivity contribution in [2.24, 2.45) is 0 Å². The highest BCUT2D eigenvalue weighted by Crippen LogP contribution is 2.28. The molecule has 1 N–H and O–H groups in total. The predicted molar refractivity (Wildman–Crippen MR) is 109 cm³/mol. The quantitative estimate of drug-likeness (QED) is 0.595. The Morgan fingerprint density at radius 3 is 2.79 bits per heavy atom. The van der Waals surface area contributed by atoms with Crippen molar-refractivity contribution < 1.29 is 13.6 Å². The van der Waals surface area contributed by atoms with Gasteiger partial charge in [0.15, 0.2) is 5.16 Å². The average molecular weight is 417 g/mol. The molecule has 0 bridgehead atoms. The van der Waals surface area contributed by atoms with E-state index in [1.165, 1.54) is 17.4 Å². The first-order valence-electron chi connectivity index (χ1n) is 9.47. The zero-order chi connectivity index (χ0) is 20.2. The van der Waals surface area contributed by atoms with Gasteiger partial charge in [0.25, 0.3) is 5.76 Å². The van der Waals surface area contributed by atoms with Gasteiger partial charge in [-0.15, -0.1) is 0 Å². The van der Waals surface area contributed by atoms with Crippen LogP contribution in [0.2, 0.25) is 0 Å². The minimum absolute atomic E-state index is 0.0698. The van der Waals surface area contributed by atoms with Crippen LogP contribution >= 0.6 is 11.8 Å². The Bertz CT molecular complexity index is 1000. The maximum Gasteiger partial charge on any atom is 0.291 e. The van der Waals surface area contributed by atoms with Gasteiger partial charge in [0.1, 0.15) is 12.4 Å². The molecule has 1 amide bonds. The number of hydrogen-bond donors (Lipinski definition) is 1. The average Bonchev–Trinajstić information content (AvgIpc) is 3.35. The summed E-state index contributed by atoms with van der Waals surface area (Å²) in [7, 11) is 0. The highest BCUT2D eigenvalue weighted by atomic mass is 32.2. The van der Waals surface area contributed by atoms with Crippen LogP contribution in [0.3, 0.4) is 0 Å². The van der Waals surface area contributed by atoms with Gasteiger partial charge in [-0.3, -0.25) is 4.79 Å². The second-order valence-corrected chi connectivity index (χ2v) is 7.80. The molecule has 0 atom stereocenters. The van der Waals surface area contributed by atoms with Crippen LogP contribution in [-0.2, 0) is 17.9 Å². The molecule has 1 fully saturated rings. The number of carbonyl (C=O) groups is 1. The molecule has 1 aliphatic heterocycles. The lowest BCUT2D eigenvalue weighted by molar-refractivity contribution is -0.121. The van der Waals surface area contributed by atoms with Gasteiger partial charge in [0.05, 0.1) is 11.0 Å². The Hall–Kier alpha value is -2.68. The summed E-state index contributed by atoms with van der Waals surface area (Å²) in [5, 5.41) is 3.01. The molecule has 0 radical (unpaired) electrons. The fourth-order valence-corrected chi connectivity index (χ4v) is 4.07.